The highest BCUT2D eigenvalue weighted by Crippen LogP contribution is 2.20. The number of hydrogen-bond donors (Lipinski definition) is 0. The largest absolute Gasteiger partial charge is 0.444 e. The van der Waals surface area contributed by atoms with Crippen molar-refractivity contribution in [2.24, 2.45) is 0 Å². The first-order chi connectivity index (χ1) is 13.1. The third kappa shape index (κ3) is 6.48. The van der Waals surface area contributed by atoms with Crippen LogP contribution in [0, 0.1) is 0 Å². The maximum Gasteiger partial charge on any atom is 0.410 e. The molecule has 1 amide bonds. The van der Waals surface area contributed by atoms with Gasteiger partial charge in [0.2, 0.25) is 10.0 Å². The summed E-state index contributed by atoms with van der Waals surface area (Å²) in [6.07, 6.45) is 5.37. The van der Waals surface area contributed by atoms with Crippen molar-refractivity contribution < 1.29 is 17.9 Å². The number of amides is 1. The topological polar surface area (TPSA) is 66.9 Å². The molecule has 1 aliphatic rings. The van der Waals surface area contributed by atoms with Gasteiger partial charge in [-0.1, -0.05) is 38.3 Å². The van der Waals surface area contributed by atoms with Gasteiger partial charge in [-0.25, -0.2) is 13.2 Å². The normalized spacial score (nSPS) is 16.2. The highest BCUT2D eigenvalue weighted by Gasteiger charge is 2.31. The van der Waals surface area contributed by atoms with E-state index in [-0.39, 0.29) is 13.1 Å². The fourth-order valence-electron chi connectivity index (χ4n) is 3.17. The predicted molar refractivity (Wildman–Crippen MR) is 111 cm³/mol. The number of hydrogen-bond acceptors (Lipinski definition) is 4. The summed E-state index contributed by atoms with van der Waals surface area (Å²) >= 11 is 0. The van der Waals surface area contributed by atoms with E-state index in [9.17, 15) is 13.2 Å². The fourth-order valence-corrected chi connectivity index (χ4v) is 4.59. The molecule has 0 aromatic heterocycles. The summed E-state index contributed by atoms with van der Waals surface area (Å²) in [4.78, 5) is 14.0. The number of rotatable bonds is 7. The van der Waals surface area contributed by atoms with Crippen LogP contribution in [0.2, 0.25) is 0 Å². The number of sulfonamides is 1. The quantitative estimate of drug-likeness (QED) is 0.636. The zero-order valence-electron chi connectivity index (χ0n) is 17.6. The predicted octanol–water partition coefficient (Wildman–Crippen LogP) is 4.05. The zero-order valence-corrected chi connectivity index (χ0v) is 18.4. The van der Waals surface area contributed by atoms with E-state index in [0.29, 0.717) is 18.0 Å². The van der Waals surface area contributed by atoms with Crippen LogP contribution in [-0.2, 0) is 21.2 Å². The van der Waals surface area contributed by atoms with Crippen LogP contribution in [0.5, 0.6) is 0 Å². The number of carbonyl (C=O) groups excluding carboxylic acids is 1. The van der Waals surface area contributed by atoms with Crippen LogP contribution >= 0.6 is 0 Å². The maximum absolute atomic E-state index is 12.9. The number of nitrogens with zero attached hydrogens (tertiary/aromatic N) is 2. The van der Waals surface area contributed by atoms with E-state index in [1.54, 1.807) is 17.0 Å². The Balaban J connectivity index is 1.92. The molecule has 0 radical (unpaired) electrons. The smallest absolute Gasteiger partial charge is 0.410 e. The number of benzene rings is 1. The van der Waals surface area contributed by atoms with Crippen molar-refractivity contribution in [1.82, 2.24) is 9.21 Å². The summed E-state index contributed by atoms with van der Waals surface area (Å²) in [5, 5.41) is 0. The van der Waals surface area contributed by atoms with Crippen LogP contribution in [0.1, 0.15) is 58.9 Å². The first kappa shape index (κ1) is 22.7. The van der Waals surface area contributed by atoms with Crippen molar-refractivity contribution in [2.45, 2.75) is 70.3 Å². The van der Waals surface area contributed by atoms with E-state index in [0.717, 1.165) is 12.8 Å². The van der Waals surface area contributed by atoms with Gasteiger partial charge < -0.3 is 9.64 Å². The number of unbranched alkanes of at least 4 members (excludes halogenated alkanes) is 3. The lowest BCUT2D eigenvalue weighted by atomic mass is 10.1. The Bertz CT molecular complexity index is 731. The molecule has 1 saturated heterocycles. The van der Waals surface area contributed by atoms with Crippen molar-refractivity contribution in [3.05, 3.63) is 29.8 Å². The molecule has 0 spiro atoms. The minimum Gasteiger partial charge on any atom is -0.444 e. The van der Waals surface area contributed by atoms with Crippen LogP contribution in [0.4, 0.5) is 4.79 Å². The Morgan fingerprint density at radius 3 is 2.14 bits per heavy atom. The molecule has 0 atom stereocenters. The van der Waals surface area contributed by atoms with E-state index in [2.05, 4.69) is 6.92 Å². The van der Waals surface area contributed by atoms with Gasteiger partial charge in [0.1, 0.15) is 5.60 Å². The lowest BCUT2D eigenvalue weighted by Gasteiger charge is -2.35. The molecule has 1 heterocycles. The first-order valence-corrected chi connectivity index (χ1v) is 11.6. The highest BCUT2D eigenvalue weighted by molar-refractivity contribution is 7.89. The van der Waals surface area contributed by atoms with Crippen LogP contribution in [0.3, 0.4) is 0 Å². The molecule has 6 nitrogen and oxygen atoms in total. The van der Waals surface area contributed by atoms with Crippen LogP contribution < -0.4 is 0 Å². The molecule has 0 N–H and O–H groups in total. The Kier molecular flexibility index (Phi) is 7.89. The summed E-state index contributed by atoms with van der Waals surface area (Å²) in [5.74, 6) is 0. The van der Waals surface area contributed by atoms with Crippen molar-refractivity contribution in [2.75, 3.05) is 26.2 Å². The second-order valence-corrected chi connectivity index (χ2v) is 10.3. The van der Waals surface area contributed by atoms with Crippen molar-refractivity contribution in [3.8, 4) is 0 Å². The average Bonchev–Trinajstić information content (AvgIpc) is 2.64. The molecule has 0 aliphatic carbocycles. The number of piperazine rings is 1. The summed E-state index contributed by atoms with van der Waals surface area (Å²) in [6.45, 7) is 8.87. The van der Waals surface area contributed by atoms with Gasteiger partial charge in [-0.15, -0.1) is 0 Å². The fraction of sp³-hybridized carbons (Fsp3) is 0.667. The van der Waals surface area contributed by atoms with Crippen LogP contribution in [-0.4, -0.2) is 55.5 Å². The number of ether oxygens (including phenoxy) is 1. The molecule has 0 saturated carbocycles. The van der Waals surface area contributed by atoms with Crippen molar-refractivity contribution in [3.63, 3.8) is 0 Å². The molecule has 0 bridgehead atoms. The van der Waals surface area contributed by atoms with Crippen molar-refractivity contribution >= 4 is 16.1 Å². The van der Waals surface area contributed by atoms with E-state index in [4.69, 9.17) is 4.74 Å². The molecule has 158 valence electrons. The summed E-state index contributed by atoms with van der Waals surface area (Å²) in [5.41, 5.74) is 0.614. The van der Waals surface area contributed by atoms with Crippen molar-refractivity contribution in [1.29, 1.82) is 0 Å². The number of carbonyl (C=O) groups is 1. The molecule has 1 aromatic rings. The molecule has 7 heteroatoms. The van der Waals surface area contributed by atoms with Gasteiger partial charge >= 0.3 is 6.09 Å². The third-order valence-corrected chi connectivity index (χ3v) is 6.68. The third-order valence-electron chi connectivity index (χ3n) is 4.77. The lowest BCUT2D eigenvalue weighted by molar-refractivity contribution is 0.0192. The van der Waals surface area contributed by atoms with Crippen LogP contribution in [0.15, 0.2) is 29.2 Å². The Hall–Kier alpha value is -1.60. The SMILES string of the molecule is CCCCCCc1ccc(S(=O)(=O)N2CCN(C(=O)OC(C)(C)C)CC2)cc1. The molecule has 1 aliphatic heterocycles. The molecule has 28 heavy (non-hydrogen) atoms. The first-order valence-electron chi connectivity index (χ1n) is 10.2. The molecule has 2 rings (SSSR count). The van der Waals surface area contributed by atoms with Gasteiger partial charge in [-0.3, -0.25) is 0 Å². The monoisotopic (exact) mass is 410 g/mol. The minimum absolute atomic E-state index is 0.278. The van der Waals surface area contributed by atoms with Gasteiger partial charge in [-0.2, -0.15) is 4.31 Å². The Labute approximate surface area is 169 Å². The Morgan fingerprint density at radius 1 is 1.00 bits per heavy atom. The minimum atomic E-state index is -3.54. The van der Waals surface area contributed by atoms with Crippen LogP contribution in [0.25, 0.3) is 0 Å². The van der Waals surface area contributed by atoms with Gasteiger partial charge in [0.05, 0.1) is 4.90 Å². The van der Waals surface area contributed by atoms with Gasteiger partial charge in [0.25, 0.3) is 0 Å². The van der Waals surface area contributed by atoms with E-state index < -0.39 is 21.7 Å². The van der Waals surface area contributed by atoms with E-state index >= 15 is 0 Å². The molecular formula is C21H34N2O4S. The second-order valence-electron chi connectivity index (χ2n) is 8.33. The summed E-state index contributed by atoms with van der Waals surface area (Å²) in [7, 11) is -3.54. The summed E-state index contributed by atoms with van der Waals surface area (Å²) in [6, 6.07) is 7.22. The van der Waals surface area contributed by atoms with Gasteiger partial charge in [0, 0.05) is 26.2 Å². The number of aryl methyl sites for hydroxylation is 1. The second kappa shape index (κ2) is 9.74. The zero-order chi connectivity index (χ0) is 20.8. The van der Waals surface area contributed by atoms with E-state index in [1.165, 1.54) is 29.1 Å². The Morgan fingerprint density at radius 2 is 1.61 bits per heavy atom. The molecular weight excluding hydrogens is 376 g/mol. The lowest BCUT2D eigenvalue weighted by Crippen LogP contribution is -2.51. The molecule has 1 aromatic carbocycles. The van der Waals surface area contributed by atoms with E-state index in [1.807, 2.05) is 32.9 Å². The standard InChI is InChI=1S/C21H34N2O4S/c1-5-6-7-8-9-18-10-12-19(13-11-18)28(25,26)23-16-14-22(15-17-23)20(24)27-21(2,3)4/h10-13H,5-9,14-17H2,1-4H3. The maximum atomic E-state index is 12.9. The summed E-state index contributed by atoms with van der Waals surface area (Å²) < 4.78 is 32.6. The highest BCUT2D eigenvalue weighted by atomic mass is 32.2. The molecule has 0 unspecified atom stereocenters. The van der Waals surface area contributed by atoms with Gasteiger partial charge in [0.15, 0.2) is 0 Å². The molecule has 1 fully saturated rings. The average molecular weight is 411 g/mol. The van der Waals surface area contributed by atoms with Gasteiger partial charge in [-0.05, 0) is 51.3 Å².